The van der Waals surface area contributed by atoms with Crippen LogP contribution < -0.4 is 14.2 Å². The number of nitrogens with zero attached hydrogens (tertiary/aromatic N) is 4. The molecule has 5 rings (SSSR count). The van der Waals surface area contributed by atoms with Crippen LogP contribution in [0.15, 0.2) is 52.0 Å². The lowest BCUT2D eigenvalue weighted by molar-refractivity contribution is 0.324. The molecule has 8 nitrogen and oxygen atoms in total. The number of benzene rings is 2. The summed E-state index contributed by atoms with van der Waals surface area (Å²) in [4.78, 5) is 4.96. The molecule has 0 unspecified atom stereocenters. The van der Waals surface area contributed by atoms with Crippen molar-refractivity contribution in [2.45, 2.75) is 36.6 Å². The number of thioether (sulfide) groups is 1. The maximum Gasteiger partial charge on any atom is 0.248 e. The monoisotopic (exact) mass is 478 g/mol. The van der Waals surface area contributed by atoms with Crippen molar-refractivity contribution in [2.24, 2.45) is 0 Å². The quantitative estimate of drug-likeness (QED) is 0.323. The molecular weight excluding hydrogens is 452 g/mol. The third kappa shape index (κ3) is 4.23. The van der Waals surface area contributed by atoms with Crippen molar-refractivity contribution in [3.05, 3.63) is 59.7 Å². The minimum atomic E-state index is 0.389. The van der Waals surface area contributed by atoms with Gasteiger partial charge in [-0.3, -0.25) is 4.57 Å². The van der Waals surface area contributed by atoms with Crippen LogP contribution in [0.1, 0.15) is 30.1 Å². The molecule has 34 heavy (non-hydrogen) atoms. The zero-order chi connectivity index (χ0) is 23.5. The van der Waals surface area contributed by atoms with Crippen molar-refractivity contribution in [1.82, 2.24) is 19.7 Å². The molecule has 0 radical (unpaired) electrons. The standard InChI is InChI=1S/C25H26N4O4S/c1-30-20-13-16(14-21(31-2)23(20)32-3)24-28-27-22(33-24)15-34-25-26-18-11-7-8-12-19(18)29(25)17-9-5-4-6-10-17/h4-6,9-10,13-14H,7-8,11-12,15H2,1-3H3. The summed E-state index contributed by atoms with van der Waals surface area (Å²) >= 11 is 1.60. The number of ether oxygens (including phenoxy) is 3. The molecule has 9 heteroatoms. The van der Waals surface area contributed by atoms with Gasteiger partial charge >= 0.3 is 0 Å². The fourth-order valence-corrected chi connectivity index (χ4v) is 5.10. The van der Waals surface area contributed by atoms with Gasteiger partial charge in [0.2, 0.25) is 17.5 Å². The molecule has 2 aromatic carbocycles. The predicted octanol–water partition coefficient (Wildman–Crippen LogP) is 5.12. The topological polar surface area (TPSA) is 84.4 Å². The number of para-hydroxylation sites is 1. The van der Waals surface area contributed by atoms with Crippen LogP contribution in [0.2, 0.25) is 0 Å². The summed E-state index contributed by atoms with van der Waals surface area (Å²) in [6.45, 7) is 0. The molecule has 0 aliphatic heterocycles. The molecule has 2 aromatic heterocycles. The summed E-state index contributed by atoms with van der Waals surface area (Å²) in [5.74, 6) is 3.00. The predicted molar refractivity (Wildman–Crippen MR) is 129 cm³/mol. The minimum Gasteiger partial charge on any atom is -0.493 e. The molecule has 0 bridgehead atoms. The molecular formula is C25H26N4O4S. The fraction of sp³-hybridized carbons (Fsp3) is 0.320. The fourth-order valence-electron chi connectivity index (χ4n) is 4.22. The van der Waals surface area contributed by atoms with Crippen molar-refractivity contribution in [3.8, 4) is 34.4 Å². The lowest BCUT2D eigenvalue weighted by atomic mass is 10.0. The number of imidazole rings is 1. The highest BCUT2D eigenvalue weighted by Crippen LogP contribution is 2.41. The average Bonchev–Trinajstić information content (AvgIpc) is 3.51. The SMILES string of the molecule is COc1cc(-c2nnc(CSc3nc4c(n3-c3ccccc3)CCCC4)o2)cc(OC)c1OC. The van der Waals surface area contributed by atoms with E-state index in [0.29, 0.717) is 40.3 Å². The van der Waals surface area contributed by atoms with Crippen molar-refractivity contribution >= 4 is 11.8 Å². The summed E-state index contributed by atoms with van der Waals surface area (Å²) in [5, 5.41) is 9.45. The van der Waals surface area contributed by atoms with Gasteiger partial charge < -0.3 is 18.6 Å². The van der Waals surface area contributed by atoms with Crippen LogP contribution in [-0.4, -0.2) is 41.1 Å². The second-order valence-electron chi connectivity index (χ2n) is 7.87. The van der Waals surface area contributed by atoms with E-state index in [-0.39, 0.29) is 0 Å². The molecule has 0 fully saturated rings. The van der Waals surface area contributed by atoms with Gasteiger partial charge in [-0.25, -0.2) is 4.98 Å². The molecule has 0 spiro atoms. The minimum absolute atomic E-state index is 0.389. The normalized spacial score (nSPS) is 12.9. The van der Waals surface area contributed by atoms with Crippen molar-refractivity contribution < 1.29 is 18.6 Å². The van der Waals surface area contributed by atoms with Crippen LogP contribution in [0.3, 0.4) is 0 Å². The first kappa shape index (κ1) is 22.3. The Morgan fingerprint density at radius 1 is 0.941 bits per heavy atom. The maximum absolute atomic E-state index is 5.98. The molecule has 1 aliphatic rings. The van der Waals surface area contributed by atoms with E-state index in [1.54, 1.807) is 45.2 Å². The maximum atomic E-state index is 5.98. The number of rotatable bonds is 8. The first-order valence-corrected chi connectivity index (χ1v) is 12.1. The van der Waals surface area contributed by atoms with Gasteiger partial charge in [0, 0.05) is 16.9 Å². The zero-order valence-corrected chi connectivity index (χ0v) is 20.2. The number of hydrogen-bond donors (Lipinski definition) is 0. The highest BCUT2D eigenvalue weighted by Gasteiger charge is 2.22. The Bertz CT molecular complexity index is 1260. The molecule has 0 amide bonds. The highest BCUT2D eigenvalue weighted by molar-refractivity contribution is 7.98. The molecule has 2 heterocycles. The average molecular weight is 479 g/mol. The molecule has 0 saturated carbocycles. The summed E-state index contributed by atoms with van der Waals surface area (Å²) in [6, 6.07) is 14.0. The third-order valence-corrected chi connectivity index (χ3v) is 6.74. The van der Waals surface area contributed by atoms with E-state index in [0.717, 1.165) is 23.7 Å². The Kier molecular flexibility index (Phi) is 6.44. The van der Waals surface area contributed by atoms with Crippen molar-refractivity contribution in [3.63, 3.8) is 0 Å². The number of aromatic nitrogens is 4. The van der Waals surface area contributed by atoms with E-state index in [1.165, 1.54) is 24.2 Å². The lowest BCUT2D eigenvalue weighted by Gasteiger charge is -2.15. The lowest BCUT2D eigenvalue weighted by Crippen LogP contribution is -2.07. The van der Waals surface area contributed by atoms with Crippen LogP contribution in [0, 0.1) is 0 Å². The number of aryl methyl sites for hydroxylation is 1. The Morgan fingerprint density at radius 2 is 1.68 bits per heavy atom. The van der Waals surface area contributed by atoms with Crippen LogP contribution in [-0.2, 0) is 18.6 Å². The molecule has 0 saturated heterocycles. The zero-order valence-electron chi connectivity index (χ0n) is 19.4. The van der Waals surface area contributed by atoms with Crippen LogP contribution in [0.5, 0.6) is 17.2 Å². The van der Waals surface area contributed by atoms with Gasteiger partial charge in [0.1, 0.15) is 0 Å². The molecule has 4 aromatic rings. The van der Waals surface area contributed by atoms with E-state index >= 15 is 0 Å². The summed E-state index contributed by atoms with van der Waals surface area (Å²) in [5.41, 5.74) is 4.33. The highest BCUT2D eigenvalue weighted by atomic mass is 32.2. The van der Waals surface area contributed by atoms with E-state index in [1.807, 2.05) is 6.07 Å². The number of fused-ring (bicyclic) bond motifs is 1. The molecule has 176 valence electrons. The van der Waals surface area contributed by atoms with E-state index < -0.39 is 0 Å². The van der Waals surface area contributed by atoms with E-state index in [9.17, 15) is 0 Å². The van der Waals surface area contributed by atoms with Gasteiger partial charge in [0.25, 0.3) is 0 Å². The van der Waals surface area contributed by atoms with Gasteiger partial charge in [-0.15, -0.1) is 10.2 Å². The summed E-state index contributed by atoms with van der Waals surface area (Å²) in [7, 11) is 4.72. The molecule has 0 N–H and O–H groups in total. The van der Waals surface area contributed by atoms with Gasteiger partial charge in [0.05, 0.1) is 32.8 Å². The van der Waals surface area contributed by atoms with Crippen LogP contribution in [0.4, 0.5) is 0 Å². The largest absolute Gasteiger partial charge is 0.493 e. The summed E-state index contributed by atoms with van der Waals surface area (Å²) < 4.78 is 24.5. The summed E-state index contributed by atoms with van der Waals surface area (Å²) in [6.07, 6.45) is 4.44. The first-order valence-electron chi connectivity index (χ1n) is 11.1. The van der Waals surface area contributed by atoms with Crippen molar-refractivity contribution in [1.29, 1.82) is 0 Å². The molecule has 1 aliphatic carbocycles. The third-order valence-electron chi connectivity index (χ3n) is 5.82. The van der Waals surface area contributed by atoms with Gasteiger partial charge in [-0.2, -0.15) is 0 Å². The smallest absolute Gasteiger partial charge is 0.248 e. The van der Waals surface area contributed by atoms with E-state index in [4.69, 9.17) is 23.6 Å². The number of methoxy groups -OCH3 is 3. The van der Waals surface area contributed by atoms with Gasteiger partial charge in [0.15, 0.2) is 16.7 Å². The second-order valence-corrected chi connectivity index (χ2v) is 8.81. The van der Waals surface area contributed by atoms with Crippen molar-refractivity contribution in [2.75, 3.05) is 21.3 Å². The van der Waals surface area contributed by atoms with Gasteiger partial charge in [-0.1, -0.05) is 30.0 Å². The number of hydrogen-bond acceptors (Lipinski definition) is 8. The van der Waals surface area contributed by atoms with Gasteiger partial charge in [-0.05, 0) is 49.9 Å². The first-order chi connectivity index (χ1) is 16.7. The van der Waals surface area contributed by atoms with Crippen LogP contribution in [0.25, 0.3) is 17.1 Å². The Balaban J connectivity index is 1.40. The Morgan fingerprint density at radius 3 is 2.38 bits per heavy atom. The molecule has 0 atom stereocenters. The second kappa shape index (κ2) is 9.80. The Hall–Kier alpha value is -3.46. The van der Waals surface area contributed by atoms with E-state index in [2.05, 4.69) is 39.0 Å². The Labute approximate surface area is 202 Å². The van der Waals surface area contributed by atoms with Crippen LogP contribution >= 0.6 is 11.8 Å².